The third-order valence-corrected chi connectivity index (χ3v) is 4.98. The molecule has 0 bridgehead atoms. The van der Waals surface area contributed by atoms with E-state index < -0.39 is 0 Å². The molecule has 0 aliphatic carbocycles. The summed E-state index contributed by atoms with van der Waals surface area (Å²) in [5.74, 6) is 0.568. The maximum absolute atomic E-state index is 9.54. The molecule has 2 aromatic rings. The Bertz CT molecular complexity index is 640. The molecule has 3 heteroatoms. The molecule has 0 aromatic heterocycles. The minimum Gasteiger partial charge on any atom is -0.508 e. The highest BCUT2D eigenvalue weighted by molar-refractivity contribution is 5.27. The van der Waals surface area contributed by atoms with Crippen LogP contribution in [0.25, 0.3) is 0 Å². The van der Waals surface area contributed by atoms with Gasteiger partial charge in [0, 0.05) is 0 Å². The Morgan fingerprint density at radius 3 is 1.19 bits per heavy atom. The highest BCUT2D eigenvalue weighted by Crippen LogP contribution is 2.33. The molecule has 0 aliphatic heterocycles. The van der Waals surface area contributed by atoms with E-state index in [0.29, 0.717) is 0 Å². The number of benzene rings is 2. The summed E-state index contributed by atoms with van der Waals surface area (Å²) in [5.41, 5.74) is 2.28. The second-order valence-electron chi connectivity index (χ2n) is 9.59. The Balaban J connectivity index is 2.21. The van der Waals surface area contributed by atoms with Crippen LogP contribution in [0.15, 0.2) is 48.5 Å². The summed E-state index contributed by atoms with van der Waals surface area (Å²) in [6, 6.07) is 14.8. The van der Waals surface area contributed by atoms with E-state index >= 15 is 0 Å². The van der Waals surface area contributed by atoms with E-state index in [9.17, 15) is 10.2 Å². The Hall–Kier alpha value is -2.00. The fourth-order valence-corrected chi connectivity index (χ4v) is 3.01. The molecule has 0 spiro atoms. The van der Waals surface area contributed by atoms with Crippen LogP contribution in [-0.4, -0.2) is 22.4 Å². The number of hydrogen-bond donors (Lipinski definition) is 2. The van der Waals surface area contributed by atoms with Crippen LogP contribution in [0.1, 0.15) is 52.7 Å². The van der Waals surface area contributed by atoms with Gasteiger partial charge < -0.3 is 14.9 Å². The van der Waals surface area contributed by atoms with Crippen LogP contribution in [0, 0.1) is 10.8 Å². The van der Waals surface area contributed by atoms with Gasteiger partial charge in [0.15, 0.2) is 0 Å². The molecule has 2 aromatic carbocycles. The number of aromatic hydroxyl groups is 2. The van der Waals surface area contributed by atoms with Crippen LogP contribution in [0.2, 0.25) is 0 Å². The Kier molecular flexibility index (Phi) is 6.59. The number of hydrogen-bond acceptors (Lipinski definition) is 3. The molecule has 0 heterocycles. The molecule has 0 saturated carbocycles. The lowest BCUT2D eigenvalue weighted by molar-refractivity contribution is -0.105. The Labute approximate surface area is 164 Å². The number of rotatable bonds is 6. The third-order valence-electron chi connectivity index (χ3n) is 4.98. The first-order valence-electron chi connectivity index (χ1n) is 9.66. The van der Waals surface area contributed by atoms with Crippen molar-refractivity contribution >= 4 is 0 Å². The first-order valence-corrected chi connectivity index (χ1v) is 9.66. The second-order valence-corrected chi connectivity index (χ2v) is 9.59. The van der Waals surface area contributed by atoms with Crippen LogP contribution in [0.4, 0.5) is 0 Å². The molecular formula is C24H34O3. The summed E-state index contributed by atoms with van der Waals surface area (Å²) in [6.07, 6.45) is 1.68. The van der Waals surface area contributed by atoms with Gasteiger partial charge in [-0.2, -0.15) is 0 Å². The van der Waals surface area contributed by atoms with Crippen molar-refractivity contribution < 1.29 is 14.9 Å². The summed E-state index contributed by atoms with van der Waals surface area (Å²) >= 11 is 0. The van der Waals surface area contributed by atoms with E-state index in [0.717, 1.165) is 24.0 Å². The van der Waals surface area contributed by atoms with E-state index in [1.807, 2.05) is 24.3 Å². The van der Waals surface area contributed by atoms with Crippen LogP contribution in [0.5, 0.6) is 11.5 Å². The van der Waals surface area contributed by atoms with Crippen LogP contribution in [-0.2, 0) is 17.6 Å². The molecular weight excluding hydrogens is 336 g/mol. The van der Waals surface area contributed by atoms with Crippen molar-refractivity contribution in [1.82, 2.24) is 0 Å². The average molecular weight is 371 g/mol. The summed E-state index contributed by atoms with van der Waals surface area (Å²) in [4.78, 5) is 0. The fraction of sp³-hybridized carbons (Fsp3) is 0.500. The molecule has 0 radical (unpaired) electrons. The minimum atomic E-state index is -0.0175. The summed E-state index contributed by atoms with van der Waals surface area (Å²) < 4.78 is 6.72. The van der Waals surface area contributed by atoms with Crippen molar-refractivity contribution in [3.05, 3.63) is 59.7 Å². The van der Waals surface area contributed by atoms with Gasteiger partial charge in [-0.3, -0.25) is 0 Å². The zero-order valence-corrected chi connectivity index (χ0v) is 17.5. The Morgan fingerprint density at radius 1 is 0.630 bits per heavy atom. The quantitative estimate of drug-likeness (QED) is 0.683. The standard InChI is InChI=1S/C24H34O3/c1-23(2,3)21(15-17-7-11-19(25)12-8-17)27-22(24(4,5)6)16-18-9-13-20(26)14-10-18/h7-14,21-22,25-26H,15-16H2,1-6H3. The van der Waals surface area contributed by atoms with Crippen molar-refractivity contribution in [2.75, 3.05) is 0 Å². The summed E-state index contributed by atoms with van der Waals surface area (Å²) in [5, 5.41) is 19.1. The molecule has 3 nitrogen and oxygen atoms in total. The van der Waals surface area contributed by atoms with E-state index in [2.05, 4.69) is 41.5 Å². The zero-order chi connectivity index (χ0) is 20.2. The molecule has 2 unspecified atom stereocenters. The molecule has 2 atom stereocenters. The molecule has 0 fully saturated rings. The normalized spacial score (nSPS) is 14.7. The van der Waals surface area contributed by atoms with Crippen LogP contribution >= 0.6 is 0 Å². The van der Waals surface area contributed by atoms with Gasteiger partial charge in [0.25, 0.3) is 0 Å². The number of ether oxygens (including phenoxy) is 1. The van der Waals surface area contributed by atoms with Crippen molar-refractivity contribution in [3.8, 4) is 11.5 Å². The SMILES string of the molecule is CC(C)(C)C(Cc1ccc(O)cc1)OC(Cc1ccc(O)cc1)C(C)(C)C. The lowest BCUT2D eigenvalue weighted by Gasteiger charge is -2.39. The van der Waals surface area contributed by atoms with Crippen molar-refractivity contribution in [2.24, 2.45) is 10.8 Å². The van der Waals surface area contributed by atoms with Gasteiger partial charge in [0.2, 0.25) is 0 Å². The molecule has 0 saturated heterocycles. The number of phenols is 2. The van der Waals surface area contributed by atoms with Gasteiger partial charge in [0.05, 0.1) is 12.2 Å². The smallest absolute Gasteiger partial charge is 0.115 e. The van der Waals surface area contributed by atoms with Gasteiger partial charge in [-0.1, -0.05) is 65.8 Å². The minimum absolute atomic E-state index is 0.0175. The van der Waals surface area contributed by atoms with E-state index in [1.165, 1.54) is 0 Å². The second kappa shape index (κ2) is 8.35. The first kappa shape index (κ1) is 21.3. The van der Waals surface area contributed by atoms with Gasteiger partial charge in [-0.25, -0.2) is 0 Å². The van der Waals surface area contributed by atoms with Gasteiger partial charge in [-0.15, -0.1) is 0 Å². The predicted octanol–water partition coefficient (Wildman–Crippen LogP) is 5.73. The molecule has 2 rings (SSSR count). The topological polar surface area (TPSA) is 49.7 Å². The summed E-state index contributed by atoms with van der Waals surface area (Å²) in [7, 11) is 0. The molecule has 2 N–H and O–H groups in total. The zero-order valence-electron chi connectivity index (χ0n) is 17.5. The monoisotopic (exact) mass is 370 g/mol. The molecule has 0 amide bonds. The maximum atomic E-state index is 9.54. The Morgan fingerprint density at radius 2 is 0.926 bits per heavy atom. The van der Waals surface area contributed by atoms with E-state index in [-0.39, 0.29) is 34.5 Å². The lowest BCUT2D eigenvalue weighted by Crippen LogP contribution is -2.41. The van der Waals surface area contributed by atoms with Crippen molar-refractivity contribution in [1.29, 1.82) is 0 Å². The number of phenolic OH excluding ortho intramolecular Hbond substituents is 2. The average Bonchev–Trinajstić information content (AvgIpc) is 2.55. The highest BCUT2D eigenvalue weighted by Gasteiger charge is 2.33. The molecule has 27 heavy (non-hydrogen) atoms. The van der Waals surface area contributed by atoms with Crippen LogP contribution in [0.3, 0.4) is 0 Å². The molecule has 148 valence electrons. The predicted molar refractivity (Wildman–Crippen MR) is 111 cm³/mol. The van der Waals surface area contributed by atoms with Crippen molar-refractivity contribution in [2.45, 2.75) is 66.6 Å². The van der Waals surface area contributed by atoms with Crippen molar-refractivity contribution in [3.63, 3.8) is 0 Å². The fourth-order valence-electron chi connectivity index (χ4n) is 3.01. The van der Waals surface area contributed by atoms with Gasteiger partial charge >= 0.3 is 0 Å². The third kappa shape index (κ3) is 6.59. The van der Waals surface area contributed by atoms with Gasteiger partial charge in [-0.05, 0) is 59.1 Å². The van der Waals surface area contributed by atoms with E-state index in [1.54, 1.807) is 24.3 Å². The highest BCUT2D eigenvalue weighted by atomic mass is 16.5. The first-order chi connectivity index (χ1) is 12.4. The van der Waals surface area contributed by atoms with Crippen LogP contribution < -0.4 is 0 Å². The van der Waals surface area contributed by atoms with Gasteiger partial charge in [0.1, 0.15) is 11.5 Å². The maximum Gasteiger partial charge on any atom is 0.115 e. The largest absolute Gasteiger partial charge is 0.508 e. The lowest BCUT2D eigenvalue weighted by atomic mass is 9.82. The molecule has 0 aliphatic rings. The van der Waals surface area contributed by atoms with E-state index in [4.69, 9.17) is 4.74 Å². The summed E-state index contributed by atoms with van der Waals surface area (Å²) in [6.45, 7) is 13.2.